The number of imidazole rings is 1. The number of para-hydroxylation sites is 1. The second-order valence-corrected chi connectivity index (χ2v) is 9.78. The largest absolute Gasteiger partial charge is 0.339 e. The van der Waals surface area contributed by atoms with E-state index in [0.717, 1.165) is 4.57 Å². The quantitative estimate of drug-likeness (QED) is 0.409. The Morgan fingerprint density at radius 1 is 0.794 bits per heavy atom. The third-order valence-corrected chi connectivity index (χ3v) is 7.30. The maximum atomic E-state index is 13.5. The molecule has 0 aliphatic heterocycles. The van der Waals surface area contributed by atoms with Gasteiger partial charge in [0.2, 0.25) is 0 Å². The lowest BCUT2D eigenvalue weighted by Crippen LogP contribution is -2.40. The highest BCUT2D eigenvalue weighted by Crippen LogP contribution is 2.19. The number of nitrogens with one attached hydrogen (secondary N) is 1. The first-order valence-electron chi connectivity index (χ1n) is 10.5. The molecule has 0 saturated carbocycles. The smallest absolute Gasteiger partial charge is 0.337 e. The van der Waals surface area contributed by atoms with E-state index in [1.165, 1.54) is 10.9 Å². The van der Waals surface area contributed by atoms with Crippen molar-refractivity contribution in [2.75, 3.05) is 0 Å². The Morgan fingerprint density at radius 3 is 2.12 bits per heavy atom. The van der Waals surface area contributed by atoms with Crippen LogP contribution in [-0.4, -0.2) is 27.5 Å². The summed E-state index contributed by atoms with van der Waals surface area (Å²) in [5, 5.41) is 0. The molecule has 34 heavy (non-hydrogen) atoms. The summed E-state index contributed by atoms with van der Waals surface area (Å²) in [5.41, 5.74) is 1.00. The van der Waals surface area contributed by atoms with E-state index in [1.54, 1.807) is 78.9 Å². The number of H-pyrrole nitrogens is 1. The van der Waals surface area contributed by atoms with Gasteiger partial charge in [-0.2, -0.15) is 0 Å². The minimum atomic E-state index is -3.61. The Bertz CT molecular complexity index is 1700. The molecule has 0 fully saturated rings. The van der Waals surface area contributed by atoms with Gasteiger partial charge in [0.15, 0.2) is 15.5 Å². The van der Waals surface area contributed by atoms with Crippen molar-refractivity contribution >= 4 is 21.0 Å². The van der Waals surface area contributed by atoms with Crippen molar-refractivity contribution in [2.24, 2.45) is 0 Å². The van der Waals surface area contributed by atoms with Crippen molar-refractivity contribution in [3.63, 3.8) is 0 Å². The molecule has 0 bridgehead atoms. The number of nitrogens with zero attached hydrogens (tertiary/aromatic N) is 3. The second kappa shape index (κ2) is 8.60. The molecular formula is C25H20N4O4S. The predicted molar refractivity (Wildman–Crippen MR) is 129 cm³/mol. The normalized spacial score (nSPS) is 11.6. The Hall–Kier alpha value is -4.24. The molecule has 0 aliphatic carbocycles. The van der Waals surface area contributed by atoms with E-state index in [1.807, 2.05) is 6.07 Å². The molecule has 5 rings (SSSR count). The van der Waals surface area contributed by atoms with Gasteiger partial charge in [0.1, 0.15) is 5.52 Å². The van der Waals surface area contributed by atoms with E-state index in [0.29, 0.717) is 16.8 Å². The monoisotopic (exact) mass is 472 g/mol. The Kier molecular flexibility index (Phi) is 5.46. The number of fused-ring (bicyclic) bond motifs is 1. The minimum absolute atomic E-state index is 0.0834. The number of aromatic nitrogens is 4. The van der Waals surface area contributed by atoms with Crippen LogP contribution in [0.15, 0.2) is 106 Å². The van der Waals surface area contributed by atoms with Gasteiger partial charge < -0.3 is 4.98 Å². The zero-order valence-corrected chi connectivity index (χ0v) is 18.8. The summed E-state index contributed by atoms with van der Waals surface area (Å²) in [4.78, 5) is 33.9. The molecule has 9 heteroatoms. The molecule has 0 spiro atoms. The van der Waals surface area contributed by atoms with Crippen LogP contribution in [0.4, 0.5) is 0 Å². The second-order valence-electron chi connectivity index (χ2n) is 7.79. The molecular weight excluding hydrogens is 452 g/mol. The third-order valence-electron chi connectivity index (χ3n) is 5.62. The van der Waals surface area contributed by atoms with Gasteiger partial charge in [0, 0.05) is 0 Å². The lowest BCUT2D eigenvalue weighted by molar-refractivity contribution is 0.594. The third kappa shape index (κ3) is 3.86. The lowest BCUT2D eigenvalue weighted by Gasteiger charge is -2.14. The average molecular weight is 473 g/mol. The molecule has 0 atom stereocenters. The van der Waals surface area contributed by atoms with Gasteiger partial charge in [0.05, 0.1) is 29.2 Å². The summed E-state index contributed by atoms with van der Waals surface area (Å²) in [7, 11) is -3.61. The number of hydrogen-bond acceptors (Lipinski definition) is 5. The summed E-state index contributed by atoms with van der Waals surface area (Å²) in [6, 6.07) is 24.0. The van der Waals surface area contributed by atoms with Crippen molar-refractivity contribution in [1.29, 1.82) is 0 Å². The molecule has 2 aromatic heterocycles. The van der Waals surface area contributed by atoms with Gasteiger partial charge >= 0.3 is 5.69 Å². The topological polar surface area (TPSA) is 107 Å². The van der Waals surface area contributed by atoms with Crippen LogP contribution in [0.1, 0.15) is 11.1 Å². The molecule has 3 aromatic carbocycles. The van der Waals surface area contributed by atoms with Gasteiger partial charge in [-0.05, 0) is 35.4 Å². The first-order valence-corrected chi connectivity index (χ1v) is 12.2. The van der Waals surface area contributed by atoms with Crippen LogP contribution < -0.4 is 11.2 Å². The van der Waals surface area contributed by atoms with Gasteiger partial charge in [-0.15, -0.1) is 0 Å². The lowest BCUT2D eigenvalue weighted by atomic mass is 10.1. The van der Waals surface area contributed by atoms with Crippen LogP contribution in [0.2, 0.25) is 0 Å². The van der Waals surface area contributed by atoms with Gasteiger partial charge in [-0.3, -0.25) is 9.36 Å². The standard InChI is InChI=1S/C25H20N4O4S/c30-24-22-23(27-17-26-22)29(20-11-3-1-4-12-20)25(31)28(24)15-18-9-7-8-10-19(18)16-34(32,33)21-13-5-2-6-14-21/h1-14,17H,15-16H2,(H,26,27). The first kappa shape index (κ1) is 21.6. The highest BCUT2D eigenvalue weighted by Gasteiger charge is 2.20. The summed E-state index contributed by atoms with van der Waals surface area (Å²) >= 11 is 0. The summed E-state index contributed by atoms with van der Waals surface area (Å²) < 4.78 is 28.4. The molecule has 1 N–H and O–H groups in total. The van der Waals surface area contributed by atoms with E-state index in [9.17, 15) is 18.0 Å². The van der Waals surface area contributed by atoms with Crippen molar-refractivity contribution < 1.29 is 8.42 Å². The summed E-state index contributed by atoms with van der Waals surface area (Å²) in [6.45, 7) is -0.0834. The first-order chi connectivity index (χ1) is 16.5. The molecule has 5 aromatic rings. The van der Waals surface area contributed by atoms with E-state index in [4.69, 9.17) is 0 Å². The summed E-state index contributed by atoms with van der Waals surface area (Å²) in [6.07, 6.45) is 1.37. The van der Waals surface area contributed by atoms with Crippen molar-refractivity contribution in [3.05, 3.63) is 123 Å². The predicted octanol–water partition coefficient (Wildman–Crippen LogP) is 2.90. The van der Waals surface area contributed by atoms with E-state index in [-0.39, 0.29) is 28.4 Å². The Labute approximate surface area is 194 Å². The fourth-order valence-electron chi connectivity index (χ4n) is 3.94. The molecule has 0 saturated heterocycles. The van der Waals surface area contributed by atoms with Crippen molar-refractivity contribution in [1.82, 2.24) is 19.1 Å². The fourth-order valence-corrected chi connectivity index (χ4v) is 5.36. The van der Waals surface area contributed by atoms with E-state index >= 15 is 0 Å². The SMILES string of the molecule is O=c1c2[nH]cnc2n(-c2ccccc2)c(=O)n1Cc1ccccc1CS(=O)(=O)c1ccccc1. The van der Waals surface area contributed by atoms with Crippen LogP contribution in [0.25, 0.3) is 16.9 Å². The number of aromatic amines is 1. The maximum Gasteiger partial charge on any atom is 0.337 e. The molecule has 2 heterocycles. The van der Waals surface area contributed by atoms with E-state index in [2.05, 4.69) is 9.97 Å². The maximum absolute atomic E-state index is 13.5. The molecule has 0 unspecified atom stereocenters. The van der Waals surface area contributed by atoms with Crippen LogP contribution in [0.3, 0.4) is 0 Å². The molecule has 170 valence electrons. The number of rotatable bonds is 6. The van der Waals surface area contributed by atoms with Crippen molar-refractivity contribution in [3.8, 4) is 5.69 Å². The number of benzene rings is 3. The van der Waals surface area contributed by atoms with Gasteiger partial charge in [-0.25, -0.2) is 22.8 Å². The zero-order chi connectivity index (χ0) is 23.7. The van der Waals surface area contributed by atoms with Crippen LogP contribution in [-0.2, 0) is 22.1 Å². The van der Waals surface area contributed by atoms with Crippen LogP contribution in [0.5, 0.6) is 0 Å². The van der Waals surface area contributed by atoms with Crippen LogP contribution >= 0.6 is 0 Å². The Balaban J connectivity index is 1.62. The Morgan fingerprint density at radius 2 is 1.41 bits per heavy atom. The summed E-state index contributed by atoms with van der Waals surface area (Å²) in [5.74, 6) is -0.249. The fraction of sp³-hybridized carbons (Fsp3) is 0.0800. The average Bonchev–Trinajstić information content (AvgIpc) is 3.34. The number of hydrogen-bond donors (Lipinski definition) is 1. The van der Waals surface area contributed by atoms with Crippen LogP contribution in [0, 0.1) is 0 Å². The molecule has 8 nitrogen and oxygen atoms in total. The highest BCUT2D eigenvalue weighted by atomic mass is 32.2. The molecule has 0 amide bonds. The number of sulfone groups is 1. The van der Waals surface area contributed by atoms with Gasteiger partial charge in [-0.1, -0.05) is 60.7 Å². The minimum Gasteiger partial charge on any atom is -0.339 e. The van der Waals surface area contributed by atoms with E-state index < -0.39 is 21.1 Å². The molecule has 0 radical (unpaired) electrons. The van der Waals surface area contributed by atoms with Crippen molar-refractivity contribution in [2.45, 2.75) is 17.2 Å². The zero-order valence-electron chi connectivity index (χ0n) is 18.0. The molecule has 0 aliphatic rings. The van der Waals surface area contributed by atoms with Gasteiger partial charge in [0.25, 0.3) is 5.56 Å². The highest BCUT2D eigenvalue weighted by molar-refractivity contribution is 7.90.